The van der Waals surface area contributed by atoms with Crippen molar-refractivity contribution in [1.29, 1.82) is 0 Å². The molecule has 1 aliphatic rings. The van der Waals surface area contributed by atoms with Crippen LogP contribution in [0.15, 0.2) is 23.1 Å². The number of anilines is 1. The highest BCUT2D eigenvalue weighted by Gasteiger charge is 2.25. The van der Waals surface area contributed by atoms with Gasteiger partial charge in [0.05, 0.1) is 24.4 Å². The lowest BCUT2D eigenvalue weighted by Gasteiger charge is -2.29. The van der Waals surface area contributed by atoms with E-state index in [2.05, 4.69) is 4.98 Å². The summed E-state index contributed by atoms with van der Waals surface area (Å²) < 4.78 is 20.0. The van der Waals surface area contributed by atoms with Gasteiger partial charge in [-0.1, -0.05) is 13.8 Å². The minimum Gasteiger partial charge on any atom is -0.396 e. The average molecular weight is 391 g/mol. The van der Waals surface area contributed by atoms with E-state index in [0.717, 1.165) is 0 Å². The number of aromatic amines is 1. The van der Waals surface area contributed by atoms with Crippen LogP contribution in [0.3, 0.4) is 0 Å². The van der Waals surface area contributed by atoms with Gasteiger partial charge in [-0.05, 0) is 12.1 Å². The fourth-order valence-electron chi connectivity index (χ4n) is 3.40. The number of ether oxygens (including phenoxy) is 1. The van der Waals surface area contributed by atoms with E-state index in [9.17, 15) is 19.1 Å². The summed E-state index contributed by atoms with van der Waals surface area (Å²) in [5.74, 6) is -0.971. The van der Waals surface area contributed by atoms with Gasteiger partial charge in [0.25, 0.3) is 5.91 Å². The summed E-state index contributed by atoms with van der Waals surface area (Å²) in [5.41, 5.74) is -0.176. The summed E-state index contributed by atoms with van der Waals surface area (Å²) in [4.78, 5) is 31.8. The molecular weight excluding hydrogens is 365 g/mol. The van der Waals surface area contributed by atoms with Gasteiger partial charge in [-0.15, -0.1) is 0 Å². The second-order valence-electron chi connectivity index (χ2n) is 7.96. The van der Waals surface area contributed by atoms with Crippen molar-refractivity contribution in [2.24, 2.45) is 5.41 Å². The van der Waals surface area contributed by atoms with Crippen LogP contribution in [0.1, 0.15) is 24.2 Å². The van der Waals surface area contributed by atoms with E-state index in [1.807, 2.05) is 18.7 Å². The molecular formula is C20H26FN3O4. The smallest absolute Gasteiger partial charge is 0.259 e. The summed E-state index contributed by atoms with van der Waals surface area (Å²) in [6.45, 7) is 6.05. The van der Waals surface area contributed by atoms with Gasteiger partial charge in [0.15, 0.2) is 0 Å². The van der Waals surface area contributed by atoms with Gasteiger partial charge in [0.1, 0.15) is 11.4 Å². The molecule has 152 valence electrons. The lowest BCUT2D eigenvalue weighted by Crippen LogP contribution is -2.39. The zero-order valence-corrected chi connectivity index (χ0v) is 16.4. The fourth-order valence-corrected chi connectivity index (χ4v) is 3.40. The topological polar surface area (TPSA) is 85.9 Å². The Hall–Kier alpha value is -2.45. The predicted molar refractivity (Wildman–Crippen MR) is 105 cm³/mol. The molecule has 0 spiro atoms. The molecule has 0 saturated carbocycles. The van der Waals surface area contributed by atoms with Crippen LogP contribution in [-0.4, -0.2) is 67.4 Å². The molecule has 2 N–H and O–H groups in total. The first kappa shape index (κ1) is 20.3. The van der Waals surface area contributed by atoms with E-state index in [-0.39, 0.29) is 24.1 Å². The quantitative estimate of drug-likeness (QED) is 0.809. The number of halogens is 1. The van der Waals surface area contributed by atoms with Crippen LogP contribution in [0.4, 0.5) is 10.1 Å². The Labute approximate surface area is 162 Å². The summed E-state index contributed by atoms with van der Waals surface area (Å²) in [7, 11) is 1.57. The molecule has 0 radical (unpaired) electrons. The van der Waals surface area contributed by atoms with Crippen LogP contribution in [0.5, 0.6) is 0 Å². The van der Waals surface area contributed by atoms with Gasteiger partial charge in [0, 0.05) is 50.3 Å². The maximum atomic E-state index is 14.7. The largest absolute Gasteiger partial charge is 0.396 e. The molecule has 1 aromatic carbocycles. The monoisotopic (exact) mass is 391 g/mol. The molecule has 0 bridgehead atoms. The number of benzene rings is 1. The van der Waals surface area contributed by atoms with Crippen molar-refractivity contribution in [3.8, 4) is 0 Å². The van der Waals surface area contributed by atoms with E-state index < -0.39 is 22.6 Å². The first-order valence-electron chi connectivity index (χ1n) is 9.27. The summed E-state index contributed by atoms with van der Waals surface area (Å²) >= 11 is 0. The molecule has 1 aromatic heterocycles. The number of aliphatic hydroxyl groups excluding tert-OH is 1. The molecule has 2 heterocycles. The molecule has 1 fully saturated rings. The Balaban J connectivity index is 1.95. The minimum absolute atomic E-state index is 0.0535. The number of carbonyl (C=O) groups excluding carboxylic acids is 1. The van der Waals surface area contributed by atoms with Crippen LogP contribution in [0.2, 0.25) is 0 Å². The zero-order valence-electron chi connectivity index (χ0n) is 16.4. The van der Waals surface area contributed by atoms with Crippen LogP contribution in [0, 0.1) is 11.2 Å². The second kappa shape index (κ2) is 7.89. The molecule has 0 unspecified atom stereocenters. The molecule has 7 nitrogen and oxygen atoms in total. The SMILES string of the molecule is CN(CC(C)(C)CO)C(=O)c1c[nH]c2cc(N3CCOCC3)c(F)cc2c1=O. The number of rotatable bonds is 5. The highest BCUT2D eigenvalue weighted by Crippen LogP contribution is 2.25. The van der Waals surface area contributed by atoms with E-state index in [0.29, 0.717) is 37.5 Å². The van der Waals surface area contributed by atoms with E-state index in [1.165, 1.54) is 17.2 Å². The lowest BCUT2D eigenvalue weighted by atomic mass is 9.94. The summed E-state index contributed by atoms with van der Waals surface area (Å²) in [5, 5.41) is 9.53. The number of aromatic nitrogens is 1. The van der Waals surface area contributed by atoms with Crippen LogP contribution < -0.4 is 10.3 Å². The van der Waals surface area contributed by atoms with Crippen LogP contribution >= 0.6 is 0 Å². The molecule has 1 saturated heterocycles. The number of hydrogen-bond acceptors (Lipinski definition) is 5. The second-order valence-corrected chi connectivity index (χ2v) is 7.96. The molecule has 1 amide bonds. The average Bonchev–Trinajstić information content (AvgIpc) is 2.68. The fraction of sp³-hybridized carbons (Fsp3) is 0.500. The van der Waals surface area contributed by atoms with Crippen molar-refractivity contribution < 1.29 is 19.0 Å². The molecule has 0 atom stereocenters. The first-order valence-corrected chi connectivity index (χ1v) is 9.27. The number of fused-ring (bicyclic) bond motifs is 1. The highest BCUT2D eigenvalue weighted by atomic mass is 19.1. The van der Waals surface area contributed by atoms with Crippen LogP contribution in [-0.2, 0) is 4.74 Å². The minimum atomic E-state index is -0.514. The Kier molecular flexibility index (Phi) is 5.71. The summed E-state index contributed by atoms with van der Waals surface area (Å²) in [6.07, 6.45) is 1.37. The van der Waals surface area contributed by atoms with Crippen molar-refractivity contribution in [3.05, 3.63) is 39.9 Å². The molecule has 0 aliphatic carbocycles. The molecule has 1 aliphatic heterocycles. The number of nitrogens with zero attached hydrogens (tertiary/aromatic N) is 2. The van der Waals surface area contributed by atoms with E-state index >= 15 is 0 Å². The molecule has 28 heavy (non-hydrogen) atoms. The van der Waals surface area contributed by atoms with Gasteiger partial charge in [0.2, 0.25) is 5.43 Å². The molecule has 8 heteroatoms. The zero-order chi connectivity index (χ0) is 20.5. The summed E-state index contributed by atoms with van der Waals surface area (Å²) in [6, 6.07) is 2.79. The first-order chi connectivity index (χ1) is 13.2. The van der Waals surface area contributed by atoms with Crippen molar-refractivity contribution >= 4 is 22.5 Å². The van der Waals surface area contributed by atoms with Gasteiger partial charge in [-0.2, -0.15) is 0 Å². The predicted octanol–water partition coefficient (Wildman–Crippen LogP) is 1.59. The number of H-pyrrole nitrogens is 1. The number of morpholine rings is 1. The van der Waals surface area contributed by atoms with Crippen molar-refractivity contribution in [2.75, 3.05) is 51.4 Å². The Morgan fingerprint density at radius 3 is 2.68 bits per heavy atom. The van der Waals surface area contributed by atoms with Gasteiger partial charge in [-0.25, -0.2) is 4.39 Å². The number of hydrogen-bond donors (Lipinski definition) is 2. The van der Waals surface area contributed by atoms with E-state index in [4.69, 9.17) is 4.74 Å². The maximum Gasteiger partial charge on any atom is 0.259 e. The third kappa shape index (κ3) is 4.02. The number of pyridine rings is 1. The molecule has 3 rings (SSSR count). The van der Waals surface area contributed by atoms with E-state index in [1.54, 1.807) is 13.1 Å². The van der Waals surface area contributed by atoms with Gasteiger partial charge < -0.3 is 24.6 Å². The third-order valence-electron chi connectivity index (χ3n) is 4.97. The number of nitrogens with one attached hydrogen (secondary N) is 1. The Morgan fingerprint density at radius 2 is 2.04 bits per heavy atom. The van der Waals surface area contributed by atoms with Gasteiger partial charge in [-0.3, -0.25) is 9.59 Å². The van der Waals surface area contributed by atoms with Crippen molar-refractivity contribution in [3.63, 3.8) is 0 Å². The number of aliphatic hydroxyl groups is 1. The lowest BCUT2D eigenvalue weighted by molar-refractivity contribution is 0.0662. The Morgan fingerprint density at radius 1 is 1.36 bits per heavy atom. The van der Waals surface area contributed by atoms with Crippen molar-refractivity contribution in [1.82, 2.24) is 9.88 Å². The highest BCUT2D eigenvalue weighted by molar-refractivity contribution is 5.97. The standard InChI is InChI=1S/C20H26FN3O4/c1-20(2,12-25)11-23(3)19(27)14-10-22-16-9-17(24-4-6-28-7-5-24)15(21)8-13(16)18(14)26/h8-10,25H,4-7,11-12H2,1-3H3,(H,22,26). The normalized spacial score (nSPS) is 15.1. The molecule has 2 aromatic rings. The third-order valence-corrected chi connectivity index (χ3v) is 4.97. The Bertz CT molecular complexity index is 935. The van der Waals surface area contributed by atoms with Crippen LogP contribution in [0.25, 0.3) is 10.9 Å². The van der Waals surface area contributed by atoms with Gasteiger partial charge >= 0.3 is 0 Å². The number of amides is 1. The van der Waals surface area contributed by atoms with Crippen molar-refractivity contribution in [2.45, 2.75) is 13.8 Å². The number of carbonyl (C=O) groups is 1. The maximum absolute atomic E-state index is 14.7.